The molecule has 1 saturated heterocycles. The van der Waals surface area contributed by atoms with Gasteiger partial charge < -0.3 is 20.7 Å². The van der Waals surface area contributed by atoms with Crippen LogP contribution in [0.1, 0.15) is 5.56 Å². The first-order valence-corrected chi connectivity index (χ1v) is 8.91. The van der Waals surface area contributed by atoms with Crippen LogP contribution in [0.4, 0.5) is 11.8 Å². The molecular formula is C20H21N5O2. The number of ether oxygens (including phenoxy) is 1. The van der Waals surface area contributed by atoms with E-state index < -0.39 is 12.0 Å². The number of carbonyl (C=O) groups is 1. The highest BCUT2D eigenvalue weighted by molar-refractivity contribution is 5.90. The molecule has 2 aromatic carbocycles. The maximum Gasteiger partial charge on any atom is 0.248 e. The van der Waals surface area contributed by atoms with E-state index in [2.05, 4.69) is 22.4 Å². The third-order valence-corrected chi connectivity index (χ3v) is 4.56. The van der Waals surface area contributed by atoms with E-state index in [0.29, 0.717) is 32.2 Å². The fourth-order valence-electron chi connectivity index (χ4n) is 3.13. The van der Waals surface area contributed by atoms with Gasteiger partial charge in [-0.15, -0.1) is 0 Å². The Bertz CT molecular complexity index is 948. The van der Waals surface area contributed by atoms with Crippen LogP contribution in [0.5, 0.6) is 0 Å². The second-order valence-electron chi connectivity index (χ2n) is 6.44. The molecule has 1 aliphatic heterocycles. The van der Waals surface area contributed by atoms with Crippen LogP contribution in [-0.2, 0) is 16.1 Å². The molecular weight excluding hydrogens is 342 g/mol. The number of aromatic nitrogens is 2. The summed E-state index contributed by atoms with van der Waals surface area (Å²) in [6.45, 7) is 2.04. The number of hydrogen-bond acceptors (Lipinski definition) is 6. The number of nitrogens with two attached hydrogens (primary N) is 1. The molecule has 1 unspecified atom stereocenters. The van der Waals surface area contributed by atoms with Crippen molar-refractivity contribution in [3.05, 3.63) is 60.2 Å². The van der Waals surface area contributed by atoms with Crippen molar-refractivity contribution in [3.8, 4) is 0 Å². The summed E-state index contributed by atoms with van der Waals surface area (Å²) in [7, 11) is 0. The van der Waals surface area contributed by atoms with Gasteiger partial charge in [0, 0.05) is 18.5 Å². The summed E-state index contributed by atoms with van der Waals surface area (Å²) in [5.74, 6) is 0.864. The fourth-order valence-corrected chi connectivity index (χ4v) is 3.13. The molecule has 0 bridgehead atoms. The zero-order chi connectivity index (χ0) is 18.6. The van der Waals surface area contributed by atoms with E-state index >= 15 is 0 Å². The van der Waals surface area contributed by atoms with Crippen LogP contribution in [0, 0.1) is 0 Å². The largest absolute Gasteiger partial charge is 0.367 e. The first-order chi connectivity index (χ1) is 13.2. The van der Waals surface area contributed by atoms with Gasteiger partial charge in [0.1, 0.15) is 5.82 Å². The molecule has 3 N–H and O–H groups in total. The van der Waals surface area contributed by atoms with Gasteiger partial charge in [-0.1, -0.05) is 42.5 Å². The van der Waals surface area contributed by atoms with E-state index in [-0.39, 0.29) is 0 Å². The molecule has 1 amide bonds. The molecule has 27 heavy (non-hydrogen) atoms. The normalized spacial score (nSPS) is 17.0. The molecule has 1 aromatic heterocycles. The lowest BCUT2D eigenvalue weighted by Gasteiger charge is -2.31. The topological polar surface area (TPSA) is 93.4 Å². The fraction of sp³-hybridized carbons (Fsp3) is 0.250. The van der Waals surface area contributed by atoms with Gasteiger partial charge in [0.25, 0.3) is 0 Å². The third-order valence-electron chi connectivity index (χ3n) is 4.56. The molecule has 4 rings (SSSR count). The van der Waals surface area contributed by atoms with Gasteiger partial charge in [0.05, 0.1) is 18.7 Å². The Labute approximate surface area is 157 Å². The Morgan fingerprint density at radius 3 is 2.74 bits per heavy atom. The van der Waals surface area contributed by atoms with E-state index in [1.54, 1.807) is 0 Å². The van der Waals surface area contributed by atoms with Crippen LogP contribution >= 0.6 is 0 Å². The number of amides is 1. The number of hydrogen-bond donors (Lipinski definition) is 2. The maximum absolute atomic E-state index is 11.5. The van der Waals surface area contributed by atoms with Crippen LogP contribution < -0.4 is 16.0 Å². The van der Waals surface area contributed by atoms with Crippen molar-refractivity contribution in [1.29, 1.82) is 0 Å². The van der Waals surface area contributed by atoms with E-state index in [9.17, 15) is 4.79 Å². The smallest absolute Gasteiger partial charge is 0.248 e. The van der Waals surface area contributed by atoms with E-state index in [4.69, 9.17) is 15.5 Å². The Morgan fingerprint density at radius 1 is 1.15 bits per heavy atom. The summed E-state index contributed by atoms with van der Waals surface area (Å²) in [5.41, 5.74) is 7.41. The molecule has 3 aromatic rings. The number of nitrogens with zero attached hydrogens (tertiary/aromatic N) is 3. The van der Waals surface area contributed by atoms with Crippen LogP contribution in [0.3, 0.4) is 0 Å². The minimum absolute atomic E-state index is 0.353. The number of para-hydroxylation sites is 1. The molecule has 0 aliphatic carbocycles. The molecule has 0 radical (unpaired) electrons. The van der Waals surface area contributed by atoms with Crippen molar-refractivity contribution in [3.63, 3.8) is 0 Å². The molecule has 1 fully saturated rings. The van der Waals surface area contributed by atoms with Crippen LogP contribution in [0.2, 0.25) is 0 Å². The van der Waals surface area contributed by atoms with Crippen molar-refractivity contribution in [2.45, 2.75) is 12.6 Å². The Kier molecular flexibility index (Phi) is 4.84. The van der Waals surface area contributed by atoms with Gasteiger partial charge in [-0.2, -0.15) is 4.98 Å². The van der Waals surface area contributed by atoms with Gasteiger partial charge in [0.2, 0.25) is 11.9 Å². The van der Waals surface area contributed by atoms with E-state index in [1.807, 2.05) is 47.4 Å². The standard InChI is InChI=1S/C20H21N5O2/c21-18(26)17-13-25(10-11-27-17)20-23-16-9-5-4-8-15(16)19(24-20)22-12-14-6-2-1-3-7-14/h1-9,17H,10-13H2,(H2,21,26)(H,22,23,24). The predicted octanol–water partition coefficient (Wildman–Crippen LogP) is 1.93. The zero-order valence-corrected chi connectivity index (χ0v) is 14.8. The third kappa shape index (κ3) is 3.83. The summed E-state index contributed by atoms with van der Waals surface area (Å²) in [4.78, 5) is 22.8. The maximum atomic E-state index is 11.5. The Hall–Kier alpha value is -3.19. The van der Waals surface area contributed by atoms with Crippen molar-refractivity contribution in [2.75, 3.05) is 29.9 Å². The lowest BCUT2D eigenvalue weighted by Crippen LogP contribution is -2.49. The molecule has 2 heterocycles. The Morgan fingerprint density at radius 2 is 1.93 bits per heavy atom. The number of fused-ring (bicyclic) bond motifs is 1. The predicted molar refractivity (Wildman–Crippen MR) is 104 cm³/mol. The number of primary amides is 1. The summed E-state index contributed by atoms with van der Waals surface area (Å²) < 4.78 is 5.43. The van der Waals surface area contributed by atoms with Crippen LogP contribution in [0.15, 0.2) is 54.6 Å². The van der Waals surface area contributed by atoms with Crippen molar-refractivity contribution < 1.29 is 9.53 Å². The average molecular weight is 363 g/mol. The van der Waals surface area contributed by atoms with Crippen molar-refractivity contribution in [1.82, 2.24) is 9.97 Å². The summed E-state index contributed by atoms with van der Waals surface area (Å²) >= 11 is 0. The van der Waals surface area contributed by atoms with E-state index in [1.165, 1.54) is 5.56 Å². The minimum Gasteiger partial charge on any atom is -0.367 e. The molecule has 0 saturated carbocycles. The van der Waals surface area contributed by atoms with Crippen molar-refractivity contribution >= 4 is 28.6 Å². The zero-order valence-electron chi connectivity index (χ0n) is 14.8. The first-order valence-electron chi connectivity index (χ1n) is 8.91. The summed E-state index contributed by atoms with van der Waals surface area (Å²) in [5, 5.41) is 4.37. The number of carbonyl (C=O) groups excluding carboxylic acids is 1. The van der Waals surface area contributed by atoms with Crippen LogP contribution in [-0.4, -0.2) is 41.7 Å². The second-order valence-corrected chi connectivity index (χ2v) is 6.44. The van der Waals surface area contributed by atoms with E-state index in [0.717, 1.165) is 16.7 Å². The second kappa shape index (κ2) is 7.59. The molecule has 7 nitrogen and oxygen atoms in total. The monoisotopic (exact) mass is 363 g/mol. The lowest BCUT2D eigenvalue weighted by atomic mass is 10.2. The number of nitrogens with one attached hydrogen (secondary N) is 1. The van der Waals surface area contributed by atoms with Gasteiger partial charge in [-0.25, -0.2) is 4.98 Å². The van der Waals surface area contributed by atoms with Crippen molar-refractivity contribution in [2.24, 2.45) is 5.73 Å². The van der Waals surface area contributed by atoms with Crippen LogP contribution in [0.25, 0.3) is 10.9 Å². The lowest BCUT2D eigenvalue weighted by molar-refractivity contribution is -0.130. The molecule has 1 aliphatic rings. The first kappa shape index (κ1) is 17.2. The number of rotatable bonds is 5. The Balaban J connectivity index is 1.65. The number of benzene rings is 2. The summed E-state index contributed by atoms with van der Waals surface area (Å²) in [6, 6.07) is 18.0. The molecule has 7 heteroatoms. The number of anilines is 2. The van der Waals surface area contributed by atoms with Gasteiger partial charge in [-0.3, -0.25) is 4.79 Å². The highest BCUT2D eigenvalue weighted by atomic mass is 16.5. The SMILES string of the molecule is NC(=O)C1CN(c2nc(NCc3ccccc3)c3ccccc3n2)CCO1. The van der Waals surface area contributed by atoms with Gasteiger partial charge >= 0.3 is 0 Å². The quantitative estimate of drug-likeness (QED) is 0.719. The molecule has 138 valence electrons. The van der Waals surface area contributed by atoms with Gasteiger partial charge in [0.15, 0.2) is 6.10 Å². The average Bonchev–Trinajstić information content (AvgIpc) is 2.72. The molecule has 1 atom stereocenters. The molecule has 0 spiro atoms. The highest BCUT2D eigenvalue weighted by Crippen LogP contribution is 2.25. The minimum atomic E-state index is -0.644. The highest BCUT2D eigenvalue weighted by Gasteiger charge is 2.26. The number of morpholine rings is 1. The van der Waals surface area contributed by atoms with Gasteiger partial charge in [-0.05, 0) is 17.7 Å². The summed E-state index contributed by atoms with van der Waals surface area (Å²) in [6.07, 6.45) is -0.644.